The third-order valence-corrected chi connectivity index (χ3v) is 5.41. The maximum atomic E-state index is 12.7. The average Bonchev–Trinajstić information content (AvgIpc) is 3.17. The lowest BCUT2D eigenvalue weighted by atomic mass is 10.1. The number of carbonyl (C=O) groups excluding carboxylic acids is 5. The van der Waals surface area contributed by atoms with Crippen LogP contribution in [0.15, 0.2) is 77.9 Å². The monoisotopic (exact) mass is 468 g/mol. The Kier molecular flexibility index (Phi) is 6.12. The zero-order chi connectivity index (χ0) is 25.3. The number of allylic oxidation sites excluding steroid dienone is 7. The first-order valence-electron chi connectivity index (χ1n) is 10.6. The number of fused-ring (bicyclic) bond motifs is 2. The molecule has 2 aromatic rings. The van der Waals surface area contributed by atoms with E-state index in [0.29, 0.717) is 22.5 Å². The third-order valence-electron chi connectivity index (χ3n) is 5.41. The summed E-state index contributed by atoms with van der Waals surface area (Å²) in [5.41, 5.74) is 2.10. The lowest BCUT2D eigenvalue weighted by molar-refractivity contribution is -0.115. The fourth-order valence-electron chi connectivity index (χ4n) is 3.90. The van der Waals surface area contributed by atoms with Gasteiger partial charge in [0.1, 0.15) is 5.76 Å². The van der Waals surface area contributed by atoms with Gasteiger partial charge in [0.15, 0.2) is 17.3 Å². The summed E-state index contributed by atoms with van der Waals surface area (Å²) in [6.45, 7) is 2.71. The lowest BCUT2D eigenvalue weighted by Crippen LogP contribution is -2.06. The Balaban J connectivity index is 1.50. The van der Waals surface area contributed by atoms with E-state index in [1.165, 1.54) is 68.5 Å². The zero-order valence-corrected chi connectivity index (χ0v) is 18.8. The second-order valence-corrected chi connectivity index (χ2v) is 7.96. The van der Waals surface area contributed by atoms with Gasteiger partial charge in [0.2, 0.25) is 11.8 Å². The van der Waals surface area contributed by atoms with Gasteiger partial charge in [-0.1, -0.05) is 18.2 Å². The standard InChI is InChI=1S/C27H20N2O6/c1-14(30)28-16-8-10-18-22(12-16)26(34)20(24(18)32)6-4-3-5-7-21-25(33)19-11-9-17(29-15(2)31)13-23(19)27(21)35/h3-13,34H,1-2H3,(H,28,30)(H,29,31)/b5-3+,6-4+,21-7-. The molecule has 0 fully saturated rings. The van der Waals surface area contributed by atoms with E-state index < -0.39 is 11.6 Å². The summed E-state index contributed by atoms with van der Waals surface area (Å²) in [6.07, 6.45) is 7.33. The Morgan fingerprint density at radius 3 is 1.86 bits per heavy atom. The summed E-state index contributed by atoms with van der Waals surface area (Å²) in [5.74, 6) is -1.97. The summed E-state index contributed by atoms with van der Waals surface area (Å²) in [7, 11) is 0. The molecule has 0 atom stereocenters. The van der Waals surface area contributed by atoms with Crippen molar-refractivity contribution in [2.75, 3.05) is 10.6 Å². The van der Waals surface area contributed by atoms with E-state index in [1.54, 1.807) is 12.1 Å². The maximum Gasteiger partial charge on any atom is 0.221 e. The van der Waals surface area contributed by atoms with Crippen molar-refractivity contribution in [3.05, 3.63) is 100 Å². The van der Waals surface area contributed by atoms with E-state index in [9.17, 15) is 29.1 Å². The van der Waals surface area contributed by atoms with Crippen LogP contribution < -0.4 is 10.6 Å². The largest absolute Gasteiger partial charge is 0.507 e. The third kappa shape index (κ3) is 4.49. The lowest BCUT2D eigenvalue weighted by Gasteiger charge is -2.04. The topological polar surface area (TPSA) is 130 Å². The van der Waals surface area contributed by atoms with Gasteiger partial charge in [-0.05, 0) is 48.6 Å². The minimum absolute atomic E-state index is 0.0125. The molecule has 35 heavy (non-hydrogen) atoms. The fourth-order valence-corrected chi connectivity index (χ4v) is 3.90. The van der Waals surface area contributed by atoms with E-state index >= 15 is 0 Å². The molecule has 4 rings (SSSR count). The second kappa shape index (κ2) is 9.18. The Morgan fingerprint density at radius 2 is 1.26 bits per heavy atom. The van der Waals surface area contributed by atoms with Crippen LogP contribution in [0, 0.1) is 0 Å². The highest BCUT2D eigenvalue weighted by atomic mass is 16.3. The van der Waals surface area contributed by atoms with E-state index in [2.05, 4.69) is 10.6 Å². The maximum absolute atomic E-state index is 12.7. The minimum atomic E-state index is -0.442. The number of hydrogen-bond donors (Lipinski definition) is 3. The molecule has 0 bridgehead atoms. The van der Waals surface area contributed by atoms with Crippen molar-refractivity contribution in [3.8, 4) is 0 Å². The number of aliphatic hydroxyl groups excluding tert-OH is 1. The molecular weight excluding hydrogens is 448 g/mol. The molecule has 8 nitrogen and oxygen atoms in total. The van der Waals surface area contributed by atoms with Gasteiger partial charge in [-0.25, -0.2) is 0 Å². The second-order valence-electron chi connectivity index (χ2n) is 7.96. The predicted molar refractivity (Wildman–Crippen MR) is 130 cm³/mol. The molecule has 0 radical (unpaired) electrons. The summed E-state index contributed by atoms with van der Waals surface area (Å²) in [5, 5.41) is 15.7. The molecule has 2 aromatic carbocycles. The van der Waals surface area contributed by atoms with Gasteiger partial charge in [0.25, 0.3) is 0 Å². The number of ketones is 3. The number of nitrogens with one attached hydrogen (secondary N) is 2. The zero-order valence-electron chi connectivity index (χ0n) is 18.8. The van der Waals surface area contributed by atoms with Gasteiger partial charge in [-0.15, -0.1) is 0 Å². The normalized spacial score (nSPS) is 15.9. The van der Waals surface area contributed by atoms with Crippen LogP contribution in [0.25, 0.3) is 5.76 Å². The number of aliphatic hydroxyl groups is 1. The van der Waals surface area contributed by atoms with Gasteiger partial charge in [0, 0.05) is 47.5 Å². The van der Waals surface area contributed by atoms with Crippen LogP contribution in [0.3, 0.4) is 0 Å². The molecule has 0 aromatic heterocycles. The van der Waals surface area contributed by atoms with Crippen LogP contribution in [-0.2, 0) is 9.59 Å². The van der Waals surface area contributed by atoms with Crippen LogP contribution in [0.2, 0.25) is 0 Å². The van der Waals surface area contributed by atoms with Crippen molar-refractivity contribution in [3.63, 3.8) is 0 Å². The van der Waals surface area contributed by atoms with Crippen molar-refractivity contribution in [1.82, 2.24) is 0 Å². The van der Waals surface area contributed by atoms with Gasteiger partial charge in [0.05, 0.1) is 11.1 Å². The quantitative estimate of drug-likeness (QED) is 0.343. The van der Waals surface area contributed by atoms with Gasteiger partial charge < -0.3 is 15.7 Å². The number of hydrogen-bond acceptors (Lipinski definition) is 6. The Bertz CT molecular complexity index is 1460. The molecule has 0 unspecified atom stereocenters. The van der Waals surface area contributed by atoms with Crippen molar-refractivity contribution < 1.29 is 29.1 Å². The van der Waals surface area contributed by atoms with E-state index in [-0.39, 0.29) is 45.6 Å². The average molecular weight is 468 g/mol. The fraction of sp³-hybridized carbons (Fsp3) is 0.0741. The highest BCUT2D eigenvalue weighted by molar-refractivity contribution is 6.39. The highest BCUT2D eigenvalue weighted by Gasteiger charge is 2.33. The SMILES string of the molecule is CC(=O)Nc1ccc2c(c1)C(=O)\C(=C/C=C/C=C/C1=C(O)c3cc(NC(C)=O)ccc3C1=O)C2=O. The summed E-state index contributed by atoms with van der Waals surface area (Å²) < 4.78 is 0. The first-order valence-corrected chi connectivity index (χ1v) is 10.6. The van der Waals surface area contributed by atoms with Crippen molar-refractivity contribution >= 4 is 46.3 Å². The Labute approximate surface area is 200 Å². The first-order chi connectivity index (χ1) is 16.7. The van der Waals surface area contributed by atoms with E-state index in [4.69, 9.17) is 0 Å². The van der Waals surface area contributed by atoms with Gasteiger partial charge in [-0.3, -0.25) is 24.0 Å². The molecule has 2 amide bonds. The van der Waals surface area contributed by atoms with Crippen LogP contribution in [0.1, 0.15) is 50.5 Å². The van der Waals surface area contributed by atoms with Gasteiger partial charge >= 0.3 is 0 Å². The molecule has 3 N–H and O–H groups in total. The molecule has 0 saturated heterocycles. The number of benzene rings is 2. The predicted octanol–water partition coefficient (Wildman–Crippen LogP) is 4.19. The number of rotatable bonds is 5. The molecule has 2 aliphatic carbocycles. The highest BCUT2D eigenvalue weighted by Crippen LogP contribution is 2.34. The van der Waals surface area contributed by atoms with Gasteiger partial charge in [-0.2, -0.15) is 0 Å². The van der Waals surface area contributed by atoms with Crippen molar-refractivity contribution in [1.29, 1.82) is 0 Å². The molecule has 0 aliphatic heterocycles. The number of anilines is 2. The van der Waals surface area contributed by atoms with E-state index in [1.807, 2.05) is 0 Å². The summed E-state index contributed by atoms with van der Waals surface area (Å²) in [4.78, 5) is 60.3. The Hall–Kier alpha value is -4.85. The molecular formula is C27H20N2O6. The molecule has 0 spiro atoms. The molecule has 2 aliphatic rings. The summed E-state index contributed by atoms with van der Waals surface area (Å²) in [6, 6.07) is 9.17. The van der Waals surface area contributed by atoms with Crippen molar-refractivity contribution in [2.45, 2.75) is 13.8 Å². The van der Waals surface area contributed by atoms with Crippen LogP contribution >= 0.6 is 0 Å². The number of Topliss-reactive ketones (excluding diaryl/α,β-unsaturated/α-hetero) is 3. The van der Waals surface area contributed by atoms with Crippen LogP contribution in [0.5, 0.6) is 0 Å². The first kappa shape index (κ1) is 23.3. The van der Waals surface area contributed by atoms with E-state index in [0.717, 1.165) is 0 Å². The molecule has 0 saturated carbocycles. The van der Waals surface area contributed by atoms with Crippen molar-refractivity contribution in [2.24, 2.45) is 0 Å². The van der Waals surface area contributed by atoms with Crippen LogP contribution in [-0.4, -0.2) is 34.3 Å². The molecule has 174 valence electrons. The number of carbonyl (C=O) groups is 5. The number of amides is 2. The molecule has 0 heterocycles. The smallest absolute Gasteiger partial charge is 0.221 e. The molecule has 8 heteroatoms. The van der Waals surface area contributed by atoms with Crippen LogP contribution in [0.4, 0.5) is 11.4 Å². The summed E-state index contributed by atoms with van der Waals surface area (Å²) >= 11 is 0. The minimum Gasteiger partial charge on any atom is -0.507 e. The Morgan fingerprint density at radius 1 is 0.714 bits per heavy atom.